The van der Waals surface area contributed by atoms with Crippen molar-refractivity contribution in [3.63, 3.8) is 0 Å². The van der Waals surface area contributed by atoms with Crippen molar-refractivity contribution in [2.75, 3.05) is 13.7 Å². The zero-order valence-electron chi connectivity index (χ0n) is 7.74. The van der Waals surface area contributed by atoms with Crippen LogP contribution >= 0.6 is 11.6 Å². The van der Waals surface area contributed by atoms with Gasteiger partial charge in [-0.25, -0.2) is 0 Å². The molecule has 0 saturated carbocycles. The minimum atomic E-state index is -0.518. The molecular formula is C9H11ClN2O2. The van der Waals surface area contributed by atoms with E-state index in [1.54, 1.807) is 12.3 Å². The number of rotatable bonds is 3. The molecule has 76 valence electrons. The van der Waals surface area contributed by atoms with Crippen LogP contribution in [0.25, 0.3) is 0 Å². The summed E-state index contributed by atoms with van der Waals surface area (Å²) in [5.74, 6) is -0.906. The number of carbonyl (C=O) groups is 1. The maximum Gasteiger partial charge on any atom is 0.314 e. The molecule has 1 heterocycles. The first-order valence-electron chi connectivity index (χ1n) is 4.08. The van der Waals surface area contributed by atoms with Gasteiger partial charge in [0.15, 0.2) is 0 Å². The smallest absolute Gasteiger partial charge is 0.314 e. The third kappa shape index (κ3) is 2.21. The number of halogens is 1. The van der Waals surface area contributed by atoms with E-state index in [4.69, 9.17) is 17.3 Å². The number of pyridine rings is 1. The van der Waals surface area contributed by atoms with E-state index in [2.05, 4.69) is 9.72 Å². The van der Waals surface area contributed by atoms with Crippen LogP contribution in [0.2, 0.25) is 5.02 Å². The number of esters is 1. The molecule has 5 heteroatoms. The number of hydrogen-bond donors (Lipinski definition) is 1. The molecule has 0 aliphatic carbocycles. The Labute approximate surface area is 87.0 Å². The van der Waals surface area contributed by atoms with E-state index in [-0.39, 0.29) is 12.5 Å². The zero-order chi connectivity index (χ0) is 10.6. The van der Waals surface area contributed by atoms with Gasteiger partial charge < -0.3 is 10.5 Å². The van der Waals surface area contributed by atoms with Crippen molar-refractivity contribution in [2.24, 2.45) is 5.73 Å². The van der Waals surface area contributed by atoms with Crippen LogP contribution in [0.4, 0.5) is 0 Å². The summed E-state index contributed by atoms with van der Waals surface area (Å²) in [7, 11) is 1.32. The number of hydrogen-bond acceptors (Lipinski definition) is 4. The predicted molar refractivity (Wildman–Crippen MR) is 53.1 cm³/mol. The quantitative estimate of drug-likeness (QED) is 0.761. The van der Waals surface area contributed by atoms with Crippen molar-refractivity contribution in [2.45, 2.75) is 5.92 Å². The molecule has 0 aliphatic rings. The largest absolute Gasteiger partial charge is 0.469 e. The van der Waals surface area contributed by atoms with Gasteiger partial charge in [0.2, 0.25) is 0 Å². The Morgan fingerprint density at radius 2 is 2.50 bits per heavy atom. The molecule has 0 aliphatic heterocycles. The fourth-order valence-corrected chi connectivity index (χ4v) is 1.41. The van der Waals surface area contributed by atoms with Crippen molar-refractivity contribution in [1.29, 1.82) is 0 Å². The van der Waals surface area contributed by atoms with Crippen LogP contribution in [0.5, 0.6) is 0 Å². The van der Waals surface area contributed by atoms with Crippen molar-refractivity contribution >= 4 is 17.6 Å². The first-order chi connectivity index (χ1) is 6.70. The van der Waals surface area contributed by atoms with E-state index < -0.39 is 5.92 Å². The average Bonchev–Trinajstić information content (AvgIpc) is 2.21. The fraction of sp³-hybridized carbons (Fsp3) is 0.333. The van der Waals surface area contributed by atoms with Crippen molar-refractivity contribution in [1.82, 2.24) is 4.98 Å². The fourth-order valence-electron chi connectivity index (χ4n) is 1.16. The van der Waals surface area contributed by atoms with E-state index in [0.717, 1.165) is 0 Å². The number of methoxy groups -OCH3 is 1. The van der Waals surface area contributed by atoms with Gasteiger partial charge in [-0.3, -0.25) is 9.78 Å². The lowest BCUT2D eigenvalue weighted by atomic mass is 10.0. The maximum atomic E-state index is 11.3. The summed E-state index contributed by atoms with van der Waals surface area (Å²) in [5, 5.41) is 0.424. The monoisotopic (exact) mass is 214 g/mol. The summed E-state index contributed by atoms with van der Waals surface area (Å²) >= 11 is 5.87. The topological polar surface area (TPSA) is 65.2 Å². The van der Waals surface area contributed by atoms with Crippen LogP contribution in [0.1, 0.15) is 11.5 Å². The van der Waals surface area contributed by atoms with E-state index in [0.29, 0.717) is 10.6 Å². The lowest BCUT2D eigenvalue weighted by Crippen LogP contribution is -2.23. The van der Waals surface area contributed by atoms with Gasteiger partial charge in [-0.2, -0.15) is 0 Å². The van der Waals surface area contributed by atoms with Gasteiger partial charge in [0.05, 0.1) is 18.1 Å². The normalized spacial score (nSPS) is 12.2. The van der Waals surface area contributed by atoms with Gasteiger partial charge in [0.25, 0.3) is 0 Å². The Morgan fingerprint density at radius 3 is 3.00 bits per heavy atom. The van der Waals surface area contributed by atoms with Crippen molar-refractivity contribution in [3.8, 4) is 0 Å². The SMILES string of the molecule is COC(=O)C(CN)c1ccncc1Cl. The lowest BCUT2D eigenvalue weighted by Gasteiger charge is -2.13. The van der Waals surface area contributed by atoms with Gasteiger partial charge >= 0.3 is 5.97 Å². The second-order valence-electron chi connectivity index (χ2n) is 2.71. The highest BCUT2D eigenvalue weighted by molar-refractivity contribution is 6.31. The molecule has 1 aromatic rings. The number of ether oxygens (including phenoxy) is 1. The second-order valence-corrected chi connectivity index (χ2v) is 3.12. The van der Waals surface area contributed by atoms with Gasteiger partial charge in [-0.05, 0) is 11.6 Å². The molecule has 1 atom stereocenters. The highest BCUT2D eigenvalue weighted by Crippen LogP contribution is 2.23. The molecule has 0 aromatic carbocycles. The molecule has 0 bridgehead atoms. The maximum absolute atomic E-state index is 11.3. The van der Waals surface area contributed by atoms with Crippen LogP contribution in [0.3, 0.4) is 0 Å². The Kier molecular flexibility index (Phi) is 3.85. The molecule has 0 saturated heterocycles. The lowest BCUT2D eigenvalue weighted by molar-refractivity contribution is -0.142. The van der Waals surface area contributed by atoms with E-state index >= 15 is 0 Å². The Bertz CT molecular complexity index is 330. The minimum absolute atomic E-state index is 0.163. The van der Waals surface area contributed by atoms with Crippen LogP contribution < -0.4 is 5.73 Å². The highest BCUT2D eigenvalue weighted by Gasteiger charge is 2.21. The first kappa shape index (κ1) is 10.9. The number of nitrogens with two attached hydrogens (primary N) is 1. The van der Waals surface area contributed by atoms with E-state index in [1.165, 1.54) is 13.3 Å². The molecule has 0 amide bonds. The molecule has 0 spiro atoms. The molecule has 0 fully saturated rings. The molecule has 1 unspecified atom stereocenters. The summed E-state index contributed by atoms with van der Waals surface area (Å²) in [6.07, 6.45) is 3.04. The van der Waals surface area contributed by atoms with Crippen LogP contribution in [0, 0.1) is 0 Å². The average molecular weight is 215 g/mol. The molecule has 2 N–H and O–H groups in total. The van der Waals surface area contributed by atoms with Gasteiger partial charge in [0, 0.05) is 18.9 Å². The van der Waals surface area contributed by atoms with Crippen LogP contribution in [0.15, 0.2) is 18.5 Å². The van der Waals surface area contributed by atoms with Crippen molar-refractivity contribution < 1.29 is 9.53 Å². The van der Waals surface area contributed by atoms with Crippen molar-refractivity contribution in [3.05, 3.63) is 29.0 Å². The van der Waals surface area contributed by atoms with E-state index in [1.807, 2.05) is 0 Å². The number of carbonyl (C=O) groups excluding carboxylic acids is 1. The molecule has 14 heavy (non-hydrogen) atoms. The third-order valence-electron chi connectivity index (χ3n) is 1.90. The Balaban J connectivity index is 3.01. The first-order valence-corrected chi connectivity index (χ1v) is 4.45. The molecule has 1 rings (SSSR count). The summed E-state index contributed by atoms with van der Waals surface area (Å²) in [5.41, 5.74) is 6.12. The Morgan fingerprint density at radius 1 is 1.79 bits per heavy atom. The van der Waals surface area contributed by atoms with Gasteiger partial charge in [-0.1, -0.05) is 11.6 Å². The van der Waals surface area contributed by atoms with Gasteiger partial charge in [-0.15, -0.1) is 0 Å². The third-order valence-corrected chi connectivity index (χ3v) is 2.22. The summed E-state index contributed by atoms with van der Waals surface area (Å²) in [4.78, 5) is 15.1. The highest BCUT2D eigenvalue weighted by atomic mass is 35.5. The van der Waals surface area contributed by atoms with Crippen LogP contribution in [-0.4, -0.2) is 24.6 Å². The van der Waals surface area contributed by atoms with Crippen LogP contribution in [-0.2, 0) is 9.53 Å². The molecule has 4 nitrogen and oxygen atoms in total. The summed E-state index contributed by atoms with van der Waals surface area (Å²) in [6.45, 7) is 0.163. The second kappa shape index (κ2) is 4.93. The standard InChI is InChI=1S/C9H11ClN2O2/c1-14-9(13)7(4-11)6-2-3-12-5-8(6)10/h2-3,5,7H,4,11H2,1H3. The summed E-state index contributed by atoms with van der Waals surface area (Å²) in [6, 6.07) is 1.66. The van der Waals surface area contributed by atoms with E-state index in [9.17, 15) is 4.79 Å². The molecule has 1 aromatic heterocycles. The van der Waals surface area contributed by atoms with Gasteiger partial charge in [0.1, 0.15) is 0 Å². The summed E-state index contributed by atoms with van der Waals surface area (Å²) < 4.78 is 4.61. The molecule has 0 radical (unpaired) electrons. The molecular weight excluding hydrogens is 204 g/mol. The Hall–Kier alpha value is -1.13. The zero-order valence-corrected chi connectivity index (χ0v) is 8.49. The predicted octanol–water partition coefficient (Wildman–Crippen LogP) is 0.950. The number of nitrogens with zero attached hydrogens (tertiary/aromatic N) is 1. The minimum Gasteiger partial charge on any atom is -0.469 e. The number of aromatic nitrogens is 1.